The van der Waals surface area contributed by atoms with E-state index in [9.17, 15) is 20.1 Å². The van der Waals surface area contributed by atoms with Crippen LogP contribution in [0.4, 0.5) is 5.82 Å². The largest absolute Gasteiger partial charge is 0.624 e. The van der Waals surface area contributed by atoms with Gasteiger partial charge in [-0.3, -0.25) is 4.79 Å². The Morgan fingerprint density at radius 2 is 2.30 bits per heavy atom. The van der Waals surface area contributed by atoms with Gasteiger partial charge in [0.1, 0.15) is 26.0 Å². The van der Waals surface area contributed by atoms with Gasteiger partial charge in [0.05, 0.1) is 0 Å². The molecule has 110 valence electrons. The molecule has 0 amide bonds. The summed E-state index contributed by atoms with van der Waals surface area (Å²) in [6.45, 7) is 0.609. The first-order valence-corrected chi connectivity index (χ1v) is 5.68. The summed E-state index contributed by atoms with van der Waals surface area (Å²) < 4.78 is 6.26. The summed E-state index contributed by atoms with van der Waals surface area (Å²) in [5.74, 6) is -0.780. The molecule has 10 heteroatoms. The molecule has 1 aromatic heterocycles. The second-order valence-electron chi connectivity index (χ2n) is 3.72. The molecule has 1 heterocycles. The van der Waals surface area contributed by atoms with Gasteiger partial charge in [0.15, 0.2) is 6.54 Å². The normalized spacial score (nSPS) is 11.4. The third kappa shape index (κ3) is 4.31. The van der Waals surface area contributed by atoms with Crippen LogP contribution in [0.25, 0.3) is 0 Å². The molecular formula is C10H14N4O6. The van der Waals surface area contributed by atoms with Crippen molar-refractivity contribution >= 4 is 18.0 Å². The lowest BCUT2D eigenvalue weighted by molar-refractivity contribution is -0.455. The number of hydroxylamine groups is 1. The highest BCUT2D eigenvalue weighted by Crippen LogP contribution is 2.12. The zero-order valence-corrected chi connectivity index (χ0v) is 10.8. The van der Waals surface area contributed by atoms with Crippen molar-refractivity contribution < 1.29 is 24.3 Å². The van der Waals surface area contributed by atoms with E-state index in [1.165, 1.54) is 6.92 Å². The van der Waals surface area contributed by atoms with E-state index in [4.69, 9.17) is 9.84 Å². The van der Waals surface area contributed by atoms with Gasteiger partial charge in [-0.2, -0.15) is 4.57 Å². The van der Waals surface area contributed by atoms with Crippen LogP contribution in [0.15, 0.2) is 6.20 Å². The van der Waals surface area contributed by atoms with Gasteiger partial charge in [0.2, 0.25) is 6.21 Å². The van der Waals surface area contributed by atoms with Crippen molar-refractivity contribution in [3.63, 3.8) is 0 Å². The molecule has 0 aliphatic rings. The molecule has 0 atom stereocenters. The summed E-state index contributed by atoms with van der Waals surface area (Å²) in [6, 6.07) is 0. The Hall–Kier alpha value is -2.49. The summed E-state index contributed by atoms with van der Waals surface area (Å²) in [5, 5.41) is 30.8. The number of esters is 1. The topological polar surface area (TPSA) is 134 Å². The summed E-state index contributed by atoms with van der Waals surface area (Å²) in [7, 11) is 0. The van der Waals surface area contributed by atoms with Crippen LogP contribution in [0, 0.1) is 15.3 Å². The van der Waals surface area contributed by atoms with Crippen LogP contribution in [-0.2, 0) is 16.1 Å². The number of aliphatic hydroxyl groups is 1. The number of nitro groups is 1. The minimum Gasteiger partial charge on any atom is -0.624 e. The maximum Gasteiger partial charge on any atom is 0.343 e. The van der Waals surface area contributed by atoms with Crippen molar-refractivity contribution in [2.24, 2.45) is 0 Å². The molecule has 10 nitrogen and oxygen atoms in total. The smallest absolute Gasteiger partial charge is 0.343 e. The number of rotatable bonds is 7. The molecule has 0 unspecified atom stereocenters. The molecule has 0 aromatic carbocycles. The third-order valence-corrected chi connectivity index (χ3v) is 2.25. The first-order valence-electron chi connectivity index (χ1n) is 5.68. The zero-order chi connectivity index (χ0) is 15.1. The molecule has 20 heavy (non-hydrogen) atoms. The van der Waals surface area contributed by atoms with Crippen molar-refractivity contribution in [1.29, 1.82) is 0 Å². The van der Waals surface area contributed by atoms with E-state index in [-0.39, 0.29) is 37.9 Å². The fourth-order valence-electron chi connectivity index (χ4n) is 1.43. The Balaban J connectivity index is 2.96. The first kappa shape index (κ1) is 15.6. The highest BCUT2D eigenvalue weighted by atomic mass is 16.6. The Labute approximate surface area is 113 Å². The molecule has 1 rings (SSSR count). The van der Waals surface area contributed by atoms with Crippen LogP contribution in [0.3, 0.4) is 0 Å². The second kappa shape index (κ2) is 7.19. The molecule has 0 saturated carbocycles. The number of carbonyl (C=O) groups excluding carboxylic acids is 1. The molecule has 0 aliphatic heterocycles. The van der Waals surface area contributed by atoms with Gasteiger partial charge in [0.25, 0.3) is 5.82 Å². The maximum absolute atomic E-state index is 11.3. The molecule has 0 saturated heterocycles. The maximum atomic E-state index is 11.3. The van der Waals surface area contributed by atoms with Gasteiger partial charge in [-0.05, 0) is 4.92 Å². The van der Waals surface area contributed by atoms with Crippen molar-refractivity contribution in [2.75, 3.05) is 19.8 Å². The van der Waals surface area contributed by atoms with Gasteiger partial charge >= 0.3 is 11.8 Å². The SMILES string of the molecule is CC(=O)OCCn1c([N+](=O)[O-])cnc1/C=[N+](\[O-])CCO. The van der Waals surface area contributed by atoms with E-state index in [2.05, 4.69) is 4.98 Å². The second-order valence-corrected chi connectivity index (χ2v) is 3.72. The lowest BCUT2D eigenvalue weighted by atomic mass is 10.5. The van der Waals surface area contributed by atoms with Crippen LogP contribution in [-0.4, -0.2) is 56.3 Å². The van der Waals surface area contributed by atoms with Gasteiger partial charge in [-0.25, -0.2) is 9.72 Å². The Kier molecular flexibility index (Phi) is 5.59. The molecule has 0 aliphatic carbocycles. The minimum absolute atomic E-state index is 0.00527. The molecule has 0 spiro atoms. The van der Waals surface area contributed by atoms with Crippen molar-refractivity contribution in [3.05, 3.63) is 27.3 Å². The van der Waals surface area contributed by atoms with E-state index in [1.807, 2.05) is 0 Å². The first-order chi connectivity index (χ1) is 9.45. The molecule has 0 fully saturated rings. The van der Waals surface area contributed by atoms with Gasteiger partial charge < -0.3 is 25.2 Å². The van der Waals surface area contributed by atoms with Crippen LogP contribution in [0.1, 0.15) is 12.7 Å². The molecule has 1 aromatic rings. The van der Waals surface area contributed by atoms with Gasteiger partial charge in [-0.1, -0.05) is 0 Å². The summed E-state index contributed by atoms with van der Waals surface area (Å²) in [4.78, 5) is 24.6. The summed E-state index contributed by atoms with van der Waals surface area (Å²) in [6.07, 6.45) is 2.03. The van der Waals surface area contributed by atoms with Crippen LogP contribution in [0.5, 0.6) is 0 Å². The van der Waals surface area contributed by atoms with E-state index in [0.717, 1.165) is 17.0 Å². The van der Waals surface area contributed by atoms with E-state index < -0.39 is 10.9 Å². The van der Waals surface area contributed by atoms with Crippen molar-refractivity contribution in [1.82, 2.24) is 9.55 Å². The van der Waals surface area contributed by atoms with Gasteiger partial charge in [0, 0.05) is 6.92 Å². The molecular weight excluding hydrogens is 272 g/mol. The number of hydrogen-bond acceptors (Lipinski definition) is 7. The standard InChI is InChI=1S/C10H14N4O6/c1-8(16)20-5-3-13-9(7-12(17)2-4-15)11-6-10(13)14(18)19/h6-7,15H,2-5H2,1H3/b12-7-. The molecule has 1 N–H and O–H groups in total. The van der Waals surface area contributed by atoms with Gasteiger partial charge in [-0.15, -0.1) is 0 Å². The van der Waals surface area contributed by atoms with E-state index in [1.54, 1.807) is 0 Å². The van der Waals surface area contributed by atoms with Crippen LogP contribution in [0.2, 0.25) is 0 Å². The van der Waals surface area contributed by atoms with E-state index in [0.29, 0.717) is 4.74 Å². The van der Waals surface area contributed by atoms with Crippen LogP contribution < -0.4 is 0 Å². The Morgan fingerprint density at radius 3 is 2.85 bits per heavy atom. The van der Waals surface area contributed by atoms with Crippen molar-refractivity contribution in [3.8, 4) is 0 Å². The monoisotopic (exact) mass is 286 g/mol. The zero-order valence-electron chi connectivity index (χ0n) is 10.8. The number of hydrogen-bond donors (Lipinski definition) is 1. The lowest BCUT2D eigenvalue weighted by Crippen LogP contribution is -2.17. The van der Waals surface area contributed by atoms with E-state index >= 15 is 0 Å². The Morgan fingerprint density at radius 1 is 1.60 bits per heavy atom. The molecule has 0 radical (unpaired) electrons. The highest BCUT2D eigenvalue weighted by molar-refractivity contribution is 5.71. The minimum atomic E-state index is -0.653. The Bertz CT molecular complexity index is 524. The predicted octanol–water partition coefficient (Wildman–Crippen LogP) is -0.724. The number of ether oxygens (including phenoxy) is 1. The predicted molar refractivity (Wildman–Crippen MR) is 66.3 cm³/mol. The molecule has 0 bridgehead atoms. The third-order valence-electron chi connectivity index (χ3n) is 2.25. The summed E-state index contributed by atoms with van der Waals surface area (Å²) in [5.41, 5.74) is 0. The fourth-order valence-corrected chi connectivity index (χ4v) is 1.43. The fraction of sp³-hybridized carbons (Fsp3) is 0.500. The number of nitrogens with zero attached hydrogens (tertiary/aromatic N) is 4. The quantitative estimate of drug-likeness (QED) is 0.174. The number of aromatic nitrogens is 2. The van der Waals surface area contributed by atoms with Crippen LogP contribution >= 0.6 is 0 Å². The average molecular weight is 286 g/mol. The highest BCUT2D eigenvalue weighted by Gasteiger charge is 2.21. The lowest BCUT2D eigenvalue weighted by Gasteiger charge is -2.04. The number of aliphatic hydroxyl groups excluding tert-OH is 1. The van der Waals surface area contributed by atoms with Crippen molar-refractivity contribution in [2.45, 2.75) is 13.5 Å². The number of carbonyl (C=O) groups is 1. The summed E-state index contributed by atoms with van der Waals surface area (Å²) >= 11 is 0. The average Bonchev–Trinajstić information content (AvgIpc) is 2.72. The number of imidazole rings is 1.